The summed E-state index contributed by atoms with van der Waals surface area (Å²) in [5.41, 5.74) is 2.25. The van der Waals surface area contributed by atoms with Gasteiger partial charge in [0.2, 0.25) is 0 Å². The molecule has 0 atom stereocenters. The smallest absolute Gasteiger partial charge is 0.00320 e. The molecule has 0 aliphatic carbocycles. The molecule has 1 heteroatoms. The van der Waals surface area contributed by atoms with E-state index in [2.05, 4.69) is 44.7 Å². The predicted molar refractivity (Wildman–Crippen MR) is 52.2 cm³/mol. The van der Waals surface area contributed by atoms with Crippen LogP contribution in [0.5, 0.6) is 0 Å². The average Bonchev–Trinajstić information content (AvgIpc) is 1.85. The van der Waals surface area contributed by atoms with Gasteiger partial charge in [0.05, 0.1) is 0 Å². The molecule has 0 saturated heterocycles. The highest BCUT2D eigenvalue weighted by atomic mass is 32.1. The fourth-order valence-electron chi connectivity index (χ4n) is 0.179. The molecule has 0 aromatic carbocycles. The van der Waals surface area contributed by atoms with Gasteiger partial charge in [-0.15, -0.1) is 18.4 Å². The monoisotopic (exact) mass is 152 g/mol. The van der Waals surface area contributed by atoms with Gasteiger partial charge >= 0.3 is 0 Å². The van der Waals surface area contributed by atoms with Gasteiger partial charge in [-0.05, 0) is 11.0 Å². The minimum absolute atomic E-state index is 0.750. The fraction of sp³-hybridized carbons (Fsp3) is 0. The highest BCUT2D eigenvalue weighted by molar-refractivity contribution is 7.84. The Kier molecular flexibility index (Phi) is 13.0. The van der Waals surface area contributed by atoms with E-state index in [1.54, 1.807) is 18.2 Å². The van der Waals surface area contributed by atoms with Gasteiger partial charge in [0.15, 0.2) is 0 Å². The molecule has 54 valence electrons. The van der Waals surface area contributed by atoms with Crippen LogP contribution in [0.4, 0.5) is 0 Å². The van der Waals surface area contributed by atoms with Crippen LogP contribution in [0.1, 0.15) is 0 Å². The van der Waals surface area contributed by atoms with Gasteiger partial charge in [-0.1, -0.05) is 38.5 Å². The third kappa shape index (κ3) is 27.5. The number of allylic oxidation sites excluding steroid dienone is 3. The Balaban J connectivity index is 0. The van der Waals surface area contributed by atoms with E-state index in [1.807, 2.05) is 0 Å². The van der Waals surface area contributed by atoms with Gasteiger partial charge in [-0.2, -0.15) is 0 Å². The van der Waals surface area contributed by atoms with Crippen LogP contribution in [0.25, 0.3) is 0 Å². The molecule has 0 amide bonds. The molecule has 0 radical (unpaired) electrons. The van der Waals surface area contributed by atoms with Crippen molar-refractivity contribution in [3.63, 3.8) is 0 Å². The topological polar surface area (TPSA) is 0 Å². The maximum atomic E-state index is 3.90. The second kappa shape index (κ2) is 11.0. The quantitative estimate of drug-likeness (QED) is 0.351. The fourth-order valence-corrected chi connectivity index (χ4v) is 0.265. The first kappa shape index (κ1) is 11.8. The van der Waals surface area contributed by atoms with Gasteiger partial charge in [0.25, 0.3) is 0 Å². The van der Waals surface area contributed by atoms with Crippen molar-refractivity contribution < 1.29 is 0 Å². The summed E-state index contributed by atoms with van der Waals surface area (Å²) in [7, 11) is 0. The second-order valence-corrected chi connectivity index (χ2v) is 1.91. The Morgan fingerprint density at radius 2 is 1.80 bits per heavy atom. The normalized spacial score (nSPS) is 7.30. The first-order chi connectivity index (χ1) is 4.68. The summed E-state index contributed by atoms with van der Waals surface area (Å²) in [6, 6.07) is 0. The Hall–Kier alpha value is -0.910. The number of thiol groups is 1. The van der Waals surface area contributed by atoms with E-state index in [4.69, 9.17) is 0 Å². The van der Waals surface area contributed by atoms with Gasteiger partial charge in [-0.3, -0.25) is 0 Å². The molecule has 0 aliphatic heterocycles. The summed E-state index contributed by atoms with van der Waals surface area (Å²) in [6.45, 7) is 13.2. The standard InChI is InChI=1S/C6H8S.C3H4/c1-3-4-5-6(2)7;1-3-2/h3-5,7H,1-2H2;1-2H2/b5-4-;. The molecule has 0 aromatic heterocycles. The zero-order valence-electron chi connectivity index (χ0n) is 6.01. The summed E-state index contributed by atoms with van der Waals surface area (Å²) in [5, 5.41) is 0. The van der Waals surface area contributed by atoms with Crippen molar-refractivity contribution in [2.45, 2.75) is 0 Å². The molecule has 0 bridgehead atoms. The highest BCUT2D eigenvalue weighted by Gasteiger charge is 1.66. The first-order valence-corrected chi connectivity index (χ1v) is 3.10. The SMILES string of the molecule is C=C/C=C\C(=C)S.C=C=C. The number of hydrogen-bond acceptors (Lipinski definition) is 1. The van der Waals surface area contributed by atoms with E-state index in [-0.39, 0.29) is 0 Å². The third-order valence-corrected chi connectivity index (χ3v) is 0.574. The second-order valence-electron chi connectivity index (χ2n) is 1.34. The van der Waals surface area contributed by atoms with Crippen LogP contribution >= 0.6 is 12.6 Å². The molecule has 0 N–H and O–H groups in total. The Bertz CT molecular complexity index is 158. The first-order valence-electron chi connectivity index (χ1n) is 2.65. The summed E-state index contributed by atoms with van der Waals surface area (Å²) >= 11 is 3.90. The molecule has 0 spiro atoms. The van der Waals surface area contributed by atoms with Crippen LogP contribution in [0, 0.1) is 0 Å². The molecule has 0 aromatic rings. The molecular formula is C9H12S. The average molecular weight is 152 g/mol. The number of rotatable bonds is 2. The van der Waals surface area contributed by atoms with Crippen molar-refractivity contribution >= 4 is 12.6 Å². The molecule has 10 heavy (non-hydrogen) atoms. The van der Waals surface area contributed by atoms with Gasteiger partial charge in [-0.25, -0.2) is 0 Å². The van der Waals surface area contributed by atoms with Gasteiger partial charge < -0.3 is 0 Å². The summed E-state index contributed by atoms with van der Waals surface area (Å²) < 4.78 is 0. The Labute approximate surface area is 68.4 Å². The molecule has 0 unspecified atom stereocenters. The summed E-state index contributed by atoms with van der Waals surface area (Å²) in [6.07, 6.45) is 5.24. The molecule has 0 rings (SSSR count). The maximum absolute atomic E-state index is 3.90. The third-order valence-electron chi connectivity index (χ3n) is 0.425. The molecule has 0 saturated carbocycles. The van der Waals surface area contributed by atoms with Gasteiger partial charge in [0.1, 0.15) is 0 Å². The molecular weight excluding hydrogens is 140 g/mol. The van der Waals surface area contributed by atoms with E-state index in [1.165, 1.54) is 0 Å². The summed E-state index contributed by atoms with van der Waals surface area (Å²) in [4.78, 5) is 0.750. The van der Waals surface area contributed by atoms with Crippen LogP contribution in [-0.2, 0) is 0 Å². The minimum atomic E-state index is 0.750. The van der Waals surface area contributed by atoms with Crippen LogP contribution in [0.15, 0.2) is 55.2 Å². The van der Waals surface area contributed by atoms with Crippen LogP contribution in [-0.4, -0.2) is 0 Å². The van der Waals surface area contributed by atoms with E-state index in [0.29, 0.717) is 0 Å². The molecule has 0 aliphatic rings. The van der Waals surface area contributed by atoms with Crippen LogP contribution in [0.3, 0.4) is 0 Å². The van der Waals surface area contributed by atoms with E-state index < -0.39 is 0 Å². The lowest BCUT2D eigenvalue weighted by molar-refractivity contribution is 1.94. The van der Waals surface area contributed by atoms with E-state index in [0.717, 1.165) is 4.91 Å². The summed E-state index contributed by atoms with van der Waals surface area (Å²) in [5.74, 6) is 0. The zero-order valence-corrected chi connectivity index (χ0v) is 6.90. The lowest BCUT2D eigenvalue weighted by Crippen LogP contribution is -1.50. The molecule has 0 fully saturated rings. The van der Waals surface area contributed by atoms with Crippen molar-refractivity contribution in [3.05, 3.63) is 55.2 Å². The lowest BCUT2D eigenvalue weighted by atomic mass is 10.5. The molecule has 0 heterocycles. The van der Waals surface area contributed by atoms with Crippen LogP contribution in [0.2, 0.25) is 0 Å². The van der Waals surface area contributed by atoms with E-state index >= 15 is 0 Å². The largest absolute Gasteiger partial charge is 0.144 e. The Morgan fingerprint density at radius 1 is 1.40 bits per heavy atom. The molecule has 0 nitrogen and oxygen atoms in total. The van der Waals surface area contributed by atoms with Crippen molar-refractivity contribution in [1.82, 2.24) is 0 Å². The highest BCUT2D eigenvalue weighted by Crippen LogP contribution is 1.95. The lowest BCUT2D eigenvalue weighted by Gasteiger charge is -1.76. The van der Waals surface area contributed by atoms with Crippen molar-refractivity contribution in [1.29, 1.82) is 0 Å². The zero-order chi connectivity index (χ0) is 8.41. The maximum Gasteiger partial charge on any atom is -0.00320 e. The van der Waals surface area contributed by atoms with Crippen LogP contribution < -0.4 is 0 Å². The van der Waals surface area contributed by atoms with Crippen molar-refractivity contribution in [2.24, 2.45) is 0 Å². The van der Waals surface area contributed by atoms with E-state index in [9.17, 15) is 0 Å². The van der Waals surface area contributed by atoms with Crippen molar-refractivity contribution in [2.75, 3.05) is 0 Å². The van der Waals surface area contributed by atoms with Gasteiger partial charge in [0, 0.05) is 0 Å². The predicted octanol–water partition coefficient (Wildman–Crippen LogP) is 3.13. The number of hydrogen-bond donors (Lipinski definition) is 1. The van der Waals surface area contributed by atoms with Crippen molar-refractivity contribution in [3.8, 4) is 0 Å². The minimum Gasteiger partial charge on any atom is -0.144 e. The Morgan fingerprint density at radius 3 is 1.90 bits per heavy atom.